The number of amides is 1. The van der Waals surface area contributed by atoms with Gasteiger partial charge in [-0.25, -0.2) is 8.42 Å². The first kappa shape index (κ1) is 22.5. The molecule has 7 heteroatoms. The maximum atomic E-state index is 12.8. The highest BCUT2D eigenvalue weighted by Gasteiger charge is 2.21. The van der Waals surface area contributed by atoms with Crippen LogP contribution in [0.1, 0.15) is 16.7 Å². The van der Waals surface area contributed by atoms with Crippen LogP contribution in [-0.4, -0.2) is 32.3 Å². The molecule has 0 aliphatic heterocycles. The molecule has 3 aromatic rings. The quantitative estimate of drug-likeness (QED) is 0.555. The van der Waals surface area contributed by atoms with E-state index in [4.69, 9.17) is 4.74 Å². The number of aryl methyl sites for hydroxylation is 1. The molecule has 0 aliphatic carbocycles. The molecule has 0 saturated carbocycles. The summed E-state index contributed by atoms with van der Waals surface area (Å²) in [6.45, 7) is 2.57. The Morgan fingerprint density at radius 2 is 1.55 bits per heavy atom. The Hall–Kier alpha value is -3.16. The third kappa shape index (κ3) is 6.41. The number of hydrogen-bond donors (Lipinski definition) is 1. The molecule has 1 amide bonds. The van der Waals surface area contributed by atoms with E-state index in [0.717, 1.165) is 16.7 Å². The minimum absolute atomic E-state index is 0.147. The zero-order valence-electron chi connectivity index (χ0n) is 17.6. The Morgan fingerprint density at radius 3 is 2.19 bits per heavy atom. The highest BCUT2D eigenvalue weighted by molar-refractivity contribution is 7.89. The van der Waals surface area contributed by atoms with Gasteiger partial charge in [-0.3, -0.25) is 4.79 Å². The van der Waals surface area contributed by atoms with E-state index in [2.05, 4.69) is 5.32 Å². The lowest BCUT2D eigenvalue weighted by molar-refractivity contribution is -0.123. The molecule has 3 aromatic carbocycles. The fourth-order valence-corrected chi connectivity index (χ4v) is 4.08. The predicted molar refractivity (Wildman–Crippen MR) is 120 cm³/mol. The van der Waals surface area contributed by atoms with Crippen molar-refractivity contribution in [1.82, 2.24) is 9.62 Å². The van der Waals surface area contributed by atoms with Crippen molar-refractivity contribution in [3.05, 3.63) is 95.6 Å². The van der Waals surface area contributed by atoms with Gasteiger partial charge in [0.2, 0.25) is 10.0 Å². The first-order chi connectivity index (χ1) is 14.8. The third-order valence-corrected chi connectivity index (χ3v) is 6.58. The second kappa shape index (κ2) is 10.2. The fourth-order valence-electron chi connectivity index (χ4n) is 2.92. The molecule has 31 heavy (non-hydrogen) atoms. The Balaban J connectivity index is 1.52. The summed E-state index contributed by atoms with van der Waals surface area (Å²) >= 11 is 0. The molecule has 0 bridgehead atoms. The fraction of sp³-hybridized carbons (Fsp3) is 0.208. The van der Waals surface area contributed by atoms with Crippen molar-refractivity contribution in [2.75, 3.05) is 13.7 Å². The van der Waals surface area contributed by atoms with E-state index in [1.54, 1.807) is 19.2 Å². The van der Waals surface area contributed by atoms with Gasteiger partial charge in [0.05, 0.1) is 4.90 Å². The van der Waals surface area contributed by atoms with Gasteiger partial charge in [-0.05, 0) is 42.3 Å². The zero-order valence-corrected chi connectivity index (χ0v) is 18.4. The van der Waals surface area contributed by atoms with Crippen molar-refractivity contribution in [3.8, 4) is 5.75 Å². The molecule has 0 saturated heterocycles. The lowest BCUT2D eigenvalue weighted by atomic mass is 10.1. The molecule has 0 atom stereocenters. The minimum Gasteiger partial charge on any atom is -0.484 e. The number of benzene rings is 3. The molecular formula is C24H26N2O4S. The van der Waals surface area contributed by atoms with E-state index >= 15 is 0 Å². The van der Waals surface area contributed by atoms with Gasteiger partial charge in [0.25, 0.3) is 5.91 Å². The van der Waals surface area contributed by atoms with Crippen molar-refractivity contribution < 1.29 is 17.9 Å². The van der Waals surface area contributed by atoms with Gasteiger partial charge in [0.15, 0.2) is 6.61 Å². The number of carbonyl (C=O) groups excluding carboxylic acids is 1. The molecule has 0 spiro atoms. The van der Waals surface area contributed by atoms with Crippen LogP contribution in [0.3, 0.4) is 0 Å². The topological polar surface area (TPSA) is 75.7 Å². The third-order valence-electron chi connectivity index (χ3n) is 4.76. The van der Waals surface area contributed by atoms with Gasteiger partial charge in [-0.15, -0.1) is 0 Å². The monoisotopic (exact) mass is 438 g/mol. The molecule has 0 heterocycles. The van der Waals surface area contributed by atoms with Crippen LogP contribution in [0, 0.1) is 6.92 Å². The first-order valence-corrected chi connectivity index (χ1v) is 11.3. The second-order valence-electron chi connectivity index (χ2n) is 7.27. The summed E-state index contributed by atoms with van der Waals surface area (Å²) in [7, 11) is -2.08. The maximum Gasteiger partial charge on any atom is 0.258 e. The lowest BCUT2D eigenvalue weighted by Gasteiger charge is -2.17. The molecule has 0 radical (unpaired) electrons. The smallest absolute Gasteiger partial charge is 0.258 e. The molecule has 0 aliphatic rings. The minimum atomic E-state index is -3.63. The number of nitrogens with zero attached hydrogens (tertiary/aromatic N) is 1. The summed E-state index contributed by atoms with van der Waals surface area (Å²) in [6, 6.07) is 23.4. The van der Waals surface area contributed by atoms with E-state index in [1.165, 1.54) is 16.4 Å². The maximum absolute atomic E-state index is 12.8. The van der Waals surface area contributed by atoms with Crippen molar-refractivity contribution in [2.24, 2.45) is 0 Å². The number of nitrogens with one attached hydrogen (secondary N) is 1. The Kier molecular flexibility index (Phi) is 7.44. The standard InChI is InChI=1S/C24H26N2O4S/c1-19-8-10-20(11-9-19)16-25-24(27)18-30-22-12-14-23(15-13-22)31(28,29)26(2)17-21-6-4-3-5-7-21/h3-15H,16-18H2,1-2H3,(H,25,27). The van der Waals surface area contributed by atoms with Gasteiger partial charge in [-0.2, -0.15) is 4.31 Å². The van der Waals surface area contributed by atoms with Crippen LogP contribution in [0.4, 0.5) is 0 Å². The number of rotatable bonds is 9. The number of ether oxygens (including phenoxy) is 1. The van der Waals surface area contributed by atoms with Crippen LogP contribution < -0.4 is 10.1 Å². The Morgan fingerprint density at radius 1 is 0.903 bits per heavy atom. The molecule has 6 nitrogen and oxygen atoms in total. The Labute approximate surface area is 183 Å². The number of sulfonamides is 1. The first-order valence-electron chi connectivity index (χ1n) is 9.90. The molecule has 3 rings (SSSR count). The van der Waals surface area contributed by atoms with E-state index in [-0.39, 0.29) is 24.0 Å². The summed E-state index contributed by atoms with van der Waals surface area (Å²) in [5.41, 5.74) is 3.08. The normalized spacial score (nSPS) is 11.3. The summed E-state index contributed by atoms with van der Waals surface area (Å²) in [5, 5.41) is 2.80. The van der Waals surface area contributed by atoms with Crippen LogP contribution in [0.2, 0.25) is 0 Å². The van der Waals surface area contributed by atoms with Crippen molar-refractivity contribution in [1.29, 1.82) is 0 Å². The van der Waals surface area contributed by atoms with Crippen LogP contribution in [0.25, 0.3) is 0 Å². The van der Waals surface area contributed by atoms with Gasteiger partial charge in [0.1, 0.15) is 5.75 Å². The lowest BCUT2D eigenvalue weighted by Crippen LogP contribution is -2.28. The summed E-state index contributed by atoms with van der Waals surface area (Å²) < 4.78 is 32.3. The molecule has 162 valence electrons. The molecule has 1 N–H and O–H groups in total. The van der Waals surface area contributed by atoms with Gasteiger partial charge >= 0.3 is 0 Å². The summed E-state index contributed by atoms with van der Waals surface area (Å²) in [5.74, 6) is 0.176. The van der Waals surface area contributed by atoms with E-state index in [0.29, 0.717) is 12.3 Å². The SMILES string of the molecule is Cc1ccc(CNC(=O)COc2ccc(S(=O)(=O)N(C)Cc3ccccc3)cc2)cc1. The molecule has 0 fully saturated rings. The molecule has 0 unspecified atom stereocenters. The highest BCUT2D eigenvalue weighted by atomic mass is 32.2. The van der Waals surface area contributed by atoms with Gasteiger partial charge < -0.3 is 10.1 Å². The highest BCUT2D eigenvalue weighted by Crippen LogP contribution is 2.20. The number of hydrogen-bond acceptors (Lipinski definition) is 4. The summed E-state index contributed by atoms with van der Waals surface area (Å²) in [4.78, 5) is 12.2. The van der Waals surface area contributed by atoms with Crippen LogP contribution in [0.5, 0.6) is 5.75 Å². The van der Waals surface area contributed by atoms with Crippen molar-refractivity contribution >= 4 is 15.9 Å². The van der Waals surface area contributed by atoms with Gasteiger partial charge in [0, 0.05) is 20.1 Å². The second-order valence-corrected chi connectivity index (χ2v) is 9.31. The van der Waals surface area contributed by atoms with Crippen molar-refractivity contribution in [2.45, 2.75) is 24.9 Å². The molecule has 0 aromatic heterocycles. The molecular weight excluding hydrogens is 412 g/mol. The zero-order chi connectivity index (χ0) is 22.3. The van der Waals surface area contributed by atoms with Crippen LogP contribution in [0.15, 0.2) is 83.8 Å². The average molecular weight is 439 g/mol. The number of carbonyl (C=O) groups is 1. The predicted octanol–water partition coefficient (Wildman–Crippen LogP) is 3.51. The van der Waals surface area contributed by atoms with Gasteiger partial charge in [-0.1, -0.05) is 60.2 Å². The van der Waals surface area contributed by atoms with Crippen molar-refractivity contribution in [3.63, 3.8) is 0 Å². The van der Waals surface area contributed by atoms with E-state index in [9.17, 15) is 13.2 Å². The van der Waals surface area contributed by atoms with E-state index in [1.807, 2.05) is 61.5 Å². The van der Waals surface area contributed by atoms with E-state index < -0.39 is 10.0 Å². The summed E-state index contributed by atoms with van der Waals surface area (Å²) in [6.07, 6.45) is 0. The van der Waals surface area contributed by atoms with Crippen LogP contribution >= 0.6 is 0 Å². The average Bonchev–Trinajstić information content (AvgIpc) is 2.78. The largest absolute Gasteiger partial charge is 0.484 e. The van der Waals surface area contributed by atoms with Crippen LogP contribution in [-0.2, 0) is 27.9 Å². The Bertz CT molecular complexity index is 1100.